The van der Waals surface area contributed by atoms with Crippen molar-refractivity contribution in [3.05, 3.63) is 23.9 Å². The molecule has 0 radical (unpaired) electrons. The van der Waals surface area contributed by atoms with Gasteiger partial charge in [0.05, 0.1) is 34.0 Å². The van der Waals surface area contributed by atoms with Crippen molar-refractivity contribution < 1.29 is 28.3 Å². The quantitative estimate of drug-likeness (QED) is 0.445. The Morgan fingerprint density at radius 2 is 1.88 bits per heavy atom. The third kappa shape index (κ3) is 5.94. The SMILES string of the molecule is CCCCCC(=O)N(Cc1cc(-c2cc(OC)c(OC)c(OC)c2)on1)C[C@@H]1CCCO1. The van der Waals surface area contributed by atoms with E-state index in [1.807, 2.05) is 23.1 Å². The predicted octanol–water partition coefficient (Wildman–Crippen LogP) is 4.46. The molecule has 8 heteroatoms. The van der Waals surface area contributed by atoms with Crippen molar-refractivity contribution in [3.63, 3.8) is 0 Å². The first-order valence-electron chi connectivity index (χ1n) is 11.2. The number of ether oxygens (including phenoxy) is 4. The first-order valence-corrected chi connectivity index (χ1v) is 11.2. The lowest BCUT2D eigenvalue weighted by Gasteiger charge is -2.24. The molecule has 2 heterocycles. The Morgan fingerprint density at radius 3 is 2.47 bits per heavy atom. The molecule has 1 aliphatic rings. The average Bonchev–Trinajstić information content (AvgIpc) is 3.50. The van der Waals surface area contributed by atoms with E-state index in [9.17, 15) is 4.79 Å². The number of methoxy groups -OCH3 is 3. The Kier molecular flexibility index (Phi) is 8.79. The second kappa shape index (κ2) is 11.8. The Morgan fingerprint density at radius 1 is 1.12 bits per heavy atom. The molecule has 3 rings (SSSR count). The Hall–Kier alpha value is -2.74. The molecule has 1 aromatic heterocycles. The highest BCUT2D eigenvalue weighted by molar-refractivity contribution is 5.76. The molecule has 0 unspecified atom stereocenters. The number of benzene rings is 1. The lowest BCUT2D eigenvalue weighted by atomic mass is 10.1. The first-order chi connectivity index (χ1) is 15.6. The second-order valence-corrected chi connectivity index (χ2v) is 7.96. The van der Waals surface area contributed by atoms with Gasteiger partial charge in [0, 0.05) is 31.2 Å². The molecule has 1 amide bonds. The highest BCUT2D eigenvalue weighted by atomic mass is 16.5. The summed E-state index contributed by atoms with van der Waals surface area (Å²) in [5, 5.41) is 4.22. The smallest absolute Gasteiger partial charge is 0.223 e. The third-order valence-corrected chi connectivity index (χ3v) is 5.66. The summed E-state index contributed by atoms with van der Waals surface area (Å²) in [5.41, 5.74) is 1.44. The van der Waals surface area contributed by atoms with Crippen LogP contribution in [0.15, 0.2) is 22.7 Å². The monoisotopic (exact) mass is 446 g/mol. The van der Waals surface area contributed by atoms with Crippen LogP contribution in [0, 0.1) is 0 Å². The second-order valence-electron chi connectivity index (χ2n) is 7.96. The molecule has 176 valence electrons. The summed E-state index contributed by atoms with van der Waals surface area (Å²) in [6.07, 6.45) is 5.68. The molecule has 0 aliphatic carbocycles. The van der Waals surface area contributed by atoms with Gasteiger partial charge < -0.3 is 28.4 Å². The van der Waals surface area contributed by atoms with E-state index in [-0.39, 0.29) is 12.0 Å². The lowest BCUT2D eigenvalue weighted by molar-refractivity contribution is -0.133. The van der Waals surface area contributed by atoms with Crippen LogP contribution in [0.25, 0.3) is 11.3 Å². The number of carbonyl (C=O) groups excluding carboxylic acids is 1. The molecule has 1 fully saturated rings. The van der Waals surface area contributed by atoms with Gasteiger partial charge in [0.25, 0.3) is 0 Å². The zero-order valence-corrected chi connectivity index (χ0v) is 19.5. The average molecular weight is 447 g/mol. The zero-order chi connectivity index (χ0) is 22.9. The molecule has 0 bridgehead atoms. The maximum Gasteiger partial charge on any atom is 0.223 e. The van der Waals surface area contributed by atoms with Crippen LogP contribution in [-0.4, -0.2) is 56.5 Å². The number of amides is 1. The summed E-state index contributed by atoms with van der Waals surface area (Å²) in [6, 6.07) is 5.47. The molecule has 1 saturated heterocycles. The fraction of sp³-hybridized carbons (Fsp3) is 0.583. The lowest BCUT2D eigenvalue weighted by Crippen LogP contribution is -2.36. The van der Waals surface area contributed by atoms with Crippen molar-refractivity contribution in [3.8, 4) is 28.6 Å². The Balaban J connectivity index is 1.77. The molecular weight excluding hydrogens is 412 g/mol. The van der Waals surface area contributed by atoms with Gasteiger partial charge in [-0.25, -0.2) is 0 Å². The Labute approximate surface area is 189 Å². The number of hydrogen-bond donors (Lipinski definition) is 0. The van der Waals surface area contributed by atoms with Gasteiger partial charge in [-0.2, -0.15) is 0 Å². The maximum absolute atomic E-state index is 12.9. The van der Waals surface area contributed by atoms with E-state index in [2.05, 4.69) is 12.1 Å². The topological polar surface area (TPSA) is 83.3 Å². The van der Waals surface area contributed by atoms with Crippen LogP contribution in [-0.2, 0) is 16.1 Å². The largest absolute Gasteiger partial charge is 0.493 e. The minimum atomic E-state index is 0.0895. The number of rotatable bonds is 12. The number of hydrogen-bond acceptors (Lipinski definition) is 7. The highest BCUT2D eigenvalue weighted by Crippen LogP contribution is 2.41. The summed E-state index contributed by atoms with van der Waals surface area (Å²) in [4.78, 5) is 14.7. The molecule has 0 saturated carbocycles. The molecular formula is C24H34N2O6. The van der Waals surface area contributed by atoms with Crippen molar-refractivity contribution in [2.75, 3.05) is 34.5 Å². The summed E-state index contributed by atoms with van der Waals surface area (Å²) >= 11 is 0. The van der Waals surface area contributed by atoms with Crippen molar-refractivity contribution in [1.29, 1.82) is 0 Å². The number of aromatic nitrogens is 1. The molecule has 0 spiro atoms. The first kappa shape index (κ1) is 23.9. The maximum atomic E-state index is 12.9. The molecule has 1 aromatic carbocycles. The standard InChI is InChI=1S/C24H34N2O6/c1-5-6-7-10-23(27)26(16-19-9-8-11-31-19)15-18-14-20(32-25-18)17-12-21(28-2)24(30-4)22(13-17)29-3/h12-14,19H,5-11,15-16H2,1-4H3/t19-/m0/s1. The van der Waals surface area contributed by atoms with Crippen LogP contribution >= 0.6 is 0 Å². The molecule has 32 heavy (non-hydrogen) atoms. The summed E-state index contributed by atoms with van der Waals surface area (Å²) in [6.45, 7) is 3.86. The minimum Gasteiger partial charge on any atom is -0.493 e. The molecule has 2 aromatic rings. The normalized spacial score (nSPS) is 15.6. The van der Waals surface area contributed by atoms with Crippen LogP contribution in [0.2, 0.25) is 0 Å². The van der Waals surface area contributed by atoms with Gasteiger partial charge in [-0.1, -0.05) is 24.9 Å². The molecule has 1 atom stereocenters. The highest BCUT2D eigenvalue weighted by Gasteiger charge is 2.24. The minimum absolute atomic E-state index is 0.0895. The van der Waals surface area contributed by atoms with Crippen molar-refractivity contribution in [1.82, 2.24) is 10.1 Å². The fourth-order valence-electron chi connectivity index (χ4n) is 3.91. The van der Waals surface area contributed by atoms with E-state index in [1.165, 1.54) is 0 Å². The van der Waals surface area contributed by atoms with E-state index in [0.717, 1.165) is 44.3 Å². The van der Waals surface area contributed by atoms with Crippen molar-refractivity contribution >= 4 is 5.91 Å². The van der Waals surface area contributed by atoms with Gasteiger partial charge in [0.1, 0.15) is 5.69 Å². The van der Waals surface area contributed by atoms with E-state index >= 15 is 0 Å². The third-order valence-electron chi connectivity index (χ3n) is 5.66. The van der Waals surface area contributed by atoms with Gasteiger partial charge in [0.15, 0.2) is 17.3 Å². The zero-order valence-electron chi connectivity index (χ0n) is 19.5. The molecule has 8 nitrogen and oxygen atoms in total. The van der Waals surface area contributed by atoms with E-state index in [1.54, 1.807) is 21.3 Å². The van der Waals surface area contributed by atoms with Gasteiger partial charge in [-0.05, 0) is 31.4 Å². The molecule has 0 N–H and O–H groups in total. The fourth-order valence-corrected chi connectivity index (χ4v) is 3.91. The molecule has 1 aliphatic heterocycles. The van der Waals surface area contributed by atoms with Gasteiger partial charge in [0.2, 0.25) is 11.7 Å². The summed E-state index contributed by atoms with van der Waals surface area (Å²) < 4.78 is 27.6. The number of unbranched alkanes of at least 4 members (excludes halogenated alkanes) is 2. The van der Waals surface area contributed by atoms with Gasteiger partial charge in [-0.15, -0.1) is 0 Å². The van der Waals surface area contributed by atoms with E-state index in [4.69, 9.17) is 23.5 Å². The van der Waals surface area contributed by atoms with Crippen LogP contribution in [0.5, 0.6) is 17.2 Å². The summed E-state index contributed by atoms with van der Waals surface area (Å²) in [7, 11) is 4.70. The summed E-state index contributed by atoms with van der Waals surface area (Å²) in [5.74, 6) is 2.27. The Bertz CT molecular complexity index is 850. The van der Waals surface area contributed by atoms with Gasteiger partial charge in [-0.3, -0.25) is 4.79 Å². The van der Waals surface area contributed by atoms with E-state index < -0.39 is 0 Å². The van der Waals surface area contributed by atoms with Crippen molar-refractivity contribution in [2.45, 2.75) is 58.1 Å². The van der Waals surface area contributed by atoms with Gasteiger partial charge >= 0.3 is 0 Å². The van der Waals surface area contributed by atoms with Crippen LogP contribution in [0.3, 0.4) is 0 Å². The van der Waals surface area contributed by atoms with Crippen LogP contribution < -0.4 is 14.2 Å². The van der Waals surface area contributed by atoms with E-state index in [0.29, 0.717) is 48.2 Å². The number of carbonyl (C=O) groups is 1. The predicted molar refractivity (Wildman–Crippen MR) is 120 cm³/mol. The van der Waals surface area contributed by atoms with Crippen molar-refractivity contribution in [2.24, 2.45) is 0 Å². The van der Waals surface area contributed by atoms with Crippen LogP contribution in [0.4, 0.5) is 0 Å². The van der Waals surface area contributed by atoms with Crippen LogP contribution in [0.1, 0.15) is 51.1 Å². The number of nitrogens with zero attached hydrogens (tertiary/aromatic N) is 2.